The summed E-state index contributed by atoms with van der Waals surface area (Å²) in [5.74, 6) is 0.504. The molecule has 2 heterocycles. The smallest absolute Gasteiger partial charge is 0.255 e. The van der Waals surface area contributed by atoms with Gasteiger partial charge in [0.1, 0.15) is 22.2 Å². The van der Waals surface area contributed by atoms with E-state index >= 15 is 0 Å². The molecule has 0 radical (unpaired) electrons. The Bertz CT molecular complexity index is 882. The zero-order valence-electron chi connectivity index (χ0n) is 12.0. The third kappa shape index (κ3) is 2.70. The first-order valence-corrected chi connectivity index (χ1v) is 8.91. The summed E-state index contributed by atoms with van der Waals surface area (Å²) in [6.07, 6.45) is 0. The number of fused-ring (bicyclic) bond motifs is 1. The second-order valence-electron chi connectivity index (χ2n) is 5.24. The average molecular weight is 345 g/mol. The van der Waals surface area contributed by atoms with Crippen LogP contribution in [0.25, 0.3) is 11.0 Å². The fourth-order valence-corrected chi connectivity index (χ4v) is 4.46. The van der Waals surface area contributed by atoms with Crippen LogP contribution in [0, 0.1) is 5.82 Å². The molecule has 7 heteroatoms. The number of carbonyl (C=O) groups excluding carboxylic acids is 1. The summed E-state index contributed by atoms with van der Waals surface area (Å²) in [6.45, 7) is 0.651. The highest BCUT2D eigenvalue weighted by molar-refractivity contribution is 7.99. The summed E-state index contributed by atoms with van der Waals surface area (Å²) in [5, 5.41) is -0.151. The molecule has 23 heavy (non-hydrogen) atoms. The van der Waals surface area contributed by atoms with E-state index in [1.165, 1.54) is 12.1 Å². The van der Waals surface area contributed by atoms with Crippen molar-refractivity contribution in [2.75, 3.05) is 12.3 Å². The summed E-state index contributed by atoms with van der Waals surface area (Å²) in [7, 11) is 0. The van der Waals surface area contributed by atoms with Gasteiger partial charge < -0.3 is 4.90 Å². The molecule has 1 aliphatic heterocycles. The van der Waals surface area contributed by atoms with Gasteiger partial charge in [0.05, 0.1) is 11.7 Å². The summed E-state index contributed by atoms with van der Waals surface area (Å²) < 4.78 is 21.8. The van der Waals surface area contributed by atoms with Crippen LogP contribution in [0.2, 0.25) is 0 Å². The Morgan fingerprint density at radius 3 is 2.91 bits per heavy atom. The molecule has 1 fully saturated rings. The van der Waals surface area contributed by atoms with Gasteiger partial charge in [-0.3, -0.25) is 4.79 Å². The zero-order chi connectivity index (χ0) is 15.8. The fourth-order valence-electron chi connectivity index (χ4n) is 2.70. The van der Waals surface area contributed by atoms with E-state index in [1.807, 2.05) is 12.1 Å². The van der Waals surface area contributed by atoms with E-state index in [-0.39, 0.29) is 17.1 Å². The minimum Gasteiger partial charge on any atom is -0.322 e. The molecule has 1 aliphatic rings. The number of thioether (sulfide) groups is 1. The summed E-state index contributed by atoms with van der Waals surface area (Å²) >= 11 is 2.79. The molecule has 1 amide bonds. The van der Waals surface area contributed by atoms with E-state index < -0.39 is 0 Å². The molecule has 0 unspecified atom stereocenters. The van der Waals surface area contributed by atoms with Crippen LogP contribution < -0.4 is 0 Å². The molecule has 1 aromatic heterocycles. The first-order valence-electron chi connectivity index (χ1n) is 7.13. The number of amides is 1. The Balaban J connectivity index is 1.66. The van der Waals surface area contributed by atoms with Gasteiger partial charge in [0.2, 0.25) is 0 Å². The van der Waals surface area contributed by atoms with Crippen molar-refractivity contribution in [3.63, 3.8) is 0 Å². The van der Waals surface area contributed by atoms with Crippen molar-refractivity contribution in [2.24, 2.45) is 0 Å². The zero-order valence-corrected chi connectivity index (χ0v) is 13.6. The maximum atomic E-state index is 13.5. The number of halogens is 1. The molecular formula is C16H12FN3OS2. The third-order valence-electron chi connectivity index (χ3n) is 3.79. The normalized spacial score (nSPS) is 17.8. The Hall–Kier alpha value is -1.99. The largest absolute Gasteiger partial charge is 0.322 e. The predicted molar refractivity (Wildman–Crippen MR) is 90.1 cm³/mol. The van der Waals surface area contributed by atoms with Crippen LogP contribution in [-0.4, -0.2) is 31.9 Å². The lowest BCUT2D eigenvalue weighted by Crippen LogP contribution is -2.30. The molecule has 0 spiro atoms. The maximum Gasteiger partial charge on any atom is 0.255 e. The van der Waals surface area contributed by atoms with Crippen LogP contribution in [0.3, 0.4) is 0 Å². The molecule has 1 atom stereocenters. The standard InChI is InChI=1S/C16H12FN3OS2/c17-12-3-1-2-11(8-12)16-20(6-7-22-16)15(21)10-4-5-13-14(9-10)19-23-18-13/h1-5,8-9,16H,6-7H2/t16-/m1/s1. The quantitative estimate of drug-likeness (QED) is 0.710. The fraction of sp³-hybridized carbons (Fsp3) is 0.188. The van der Waals surface area contributed by atoms with Gasteiger partial charge >= 0.3 is 0 Å². The molecule has 1 saturated heterocycles. The Morgan fingerprint density at radius 1 is 1.17 bits per heavy atom. The van der Waals surface area contributed by atoms with Crippen molar-refractivity contribution in [1.29, 1.82) is 0 Å². The van der Waals surface area contributed by atoms with Gasteiger partial charge in [0, 0.05) is 17.9 Å². The van der Waals surface area contributed by atoms with Gasteiger partial charge in [0.25, 0.3) is 5.91 Å². The van der Waals surface area contributed by atoms with Crippen LogP contribution in [0.5, 0.6) is 0 Å². The first kappa shape index (κ1) is 14.6. The van der Waals surface area contributed by atoms with Crippen LogP contribution >= 0.6 is 23.5 Å². The number of rotatable bonds is 2. The second kappa shape index (κ2) is 5.90. The molecule has 4 rings (SSSR count). The SMILES string of the molecule is O=C(c1ccc2nsnc2c1)N1CCS[C@@H]1c1cccc(F)c1. The molecule has 2 aromatic carbocycles. The van der Waals surface area contributed by atoms with Crippen LogP contribution in [0.15, 0.2) is 42.5 Å². The van der Waals surface area contributed by atoms with Gasteiger partial charge in [-0.1, -0.05) is 12.1 Å². The number of carbonyl (C=O) groups is 1. The topological polar surface area (TPSA) is 46.1 Å². The van der Waals surface area contributed by atoms with Gasteiger partial charge in [-0.15, -0.1) is 11.8 Å². The van der Waals surface area contributed by atoms with Crippen molar-refractivity contribution >= 4 is 40.4 Å². The first-order chi connectivity index (χ1) is 11.2. The number of aromatic nitrogens is 2. The van der Waals surface area contributed by atoms with Crippen molar-refractivity contribution in [3.05, 3.63) is 59.4 Å². The van der Waals surface area contributed by atoms with E-state index in [2.05, 4.69) is 8.75 Å². The Kier molecular flexibility index (Phi) is 3.74. The predicted octanol–water partition coefficient (Wildman–Crippen LogP) is 3.72. The van der Waals surface area contributed by atoms with Gasteiger partial charge in [0.15, 0.2) is 0 Å². The molecule has 3 aromatic rings. The summed E-state index contributed by atoms with van der Waals surface area (Å²) in [5.41, 5.74) is 2.94. The maximum absolute atomic E-state index is 13.5. The lowest BCUT2D eigenvalue weighted by atomic mass is 10.1. The van der Waals surface area contributed by atoms with Crippen molar-refractivity contribution < 1.29 is 9.18 Å². The summed E-state index contributed by atoms with van der Waals surface area (Å²) in [4.78, 5) is 14.6. The van der Waals surface area contributed by atoms with Crippen LogP contribution in [0.4, 0.5) is 4.39 Å². The molecular weight excluding hydrogens is 333 g/mol. The Labute approximate surface area is 140 Å². The van der Waals surface area contributed by atoms with Crippen LogP contribution in [-0.2, 0) is 0 Å². The van der Waals surface area contributed by atoms with E-state index in [0.717, 1.165) is 34.1 Å². The van der Waals surface area contributed by atoms with Gasteiger partial charge in [-0.2, -0.15) is 8.75 Å². The van der Waals surface area contributed by atoms with E-state index in [9.17, 15) is 9.18 Å². The minimum atomic E-state index is -0.280. The molecule has 4 nitrogen and oxygen atoms in total. The monoisotopic (exact) mass is 345 g/mol. The van der Waals surface area contributed by atoms with E-state index in [1.54, 1.807) is 34.9 Å². The average Bonchev–Trinajstić information content (AvgIpc) is 3.22. The van der Waals surface area contributed by atoms with Gasteiger partial charge in [-0.05, 0) is 35.9 Å². The van der Waals surface area contributed by atoms with Crippen LogP contribution in [0.1, 0.15) is 21.3 Å². The lowest BCUT2D eigenvalue weighted by molar-refractivity contribution is 0.0760. The summed E-state index contributed by atoms with van der Waals surface area (Å²) in [6, 6.07) is 11.8. The number of hydrogen-bond donors (Lipinski definition) is 0. The molecule has 0 aliphatic carbocycles. The molecule has 0 N–H and O–H groups in total. The highest BCUT2D eigenvalue weighted by atomic mass is 32.2. The van der Waals surface area contributed by atoms with E-state index in [4.69, 9.17) is 0 Å². The molecule has 116 valence electrons. The molecule has 0 bridgehead atoms. The minimum absolute atomic E-state index is 0.0563. The Morgan fingerprint density at radius 2 is 2.04 bits per heavy atom. The second-order valence-corrected chi connectivity index (χ2v) is 6.96. The number of nitrogens with zero attached hydrogens (tertiary/aromatic N) is 3. The number of benzene rings is 2. The van der Waals surface area contributed by atoms with Crippen molar-refractivity contribution in [1.82, 2.24) is 13.6 Å². The highest BCUT2D eigenvalue weighted by Gasteiger charge is 2.31. The van der Waals surface area contributed by atoms with Crippen molar-refractivity contribution in [3.8, 4) is 0 Å². The third-order valence-corrected chi connectivity index (χ3v) is 5.60. The number of hydrogen-bond acceptors (Lipinski definition) is 5. The lowest BCUT2D eigenvalue weighted by Gasteiger charge is -2.24. The van der Waals surface area contributed by atoms with Crippen molar-refractivity contribution in [2.45, 2.75) is 5.37 Å². The molecule has 0 saturated carbocycles. The van der Waals surface area contributed by atoms with Gasteiger partial charge in [-0.25, -0.2) is 4.39 Å². The van der Waals surface area contributed by atoms with E-state index in [0.29, 0.717) is 12.1 Å². The highest BCUT2D eigenvalue weighted by Crippen LogP contribution is 2.39.